The molecule has 0 aromatic rings. The average Bonchev–Trinajstić information content (AvgIpc) is 2.82. The second-order valence-electron chi connectivity index (χ2n) is 5.96. The van der Waals surface area contributed by atoms with Crippen LogP contribution in [-0.4, -0.2) is 49.0 Å². The molecule has 4 heteroatoms. The average molecular weight is 283 g/mol. The molecule has 2 fully saturated rings. The molecule has 0 amide bonds. The summed E-state index contributed by atoms with van der Waals surface area (Å²) in [6.45, 7) is 6.57. The van der Waals surface area contributed by atoms with E-state index < -0.39 is 0 Å². The van der Waals surface area contributed by atoms with E-state index in [1.54, 1.807) is 0 Å². The van der Waals surface area contributed by atoms with Crippen molar-refractivity contribution >= 4 is 17.7 Å². The standard InChI is InChI=1S/C15H29N3S/c1-3-16-14(17-10-4-5-12-19-2)18-11-9-15(13-18)7-6-8-15/h3-13H2,1-2H3,(H,16,17). The molecule has 3 nitrogen and oxygen atoms in total. The molecule has 19 heavy (non-hydrogen) atoms. The Morgan fingerprint density at radius 3 is 2.74 bits per heavy atom. The Labute approximate surface area is 122 Å². The van der Waals surface area contributed by atoms with Gasteiger partial charge < -0.3 is 10.2 Å². The first-order valence-electron chi connectivity index (χ1n) is 7.82. The summed E-state index contributed by atoms with van der Waals surface area (Å²) in [5, 5.41) is 3.47. The maximum atomic E-state index is 4.81. The molecule has 1 saturated carbocycles. The molecule has 1 heterocycles. The van der Waals surface area contributed by atoms with E-state index in [0.29, 0.717) is 5.41 Å². The van der Waals surface area contributed by atoms with Gasteiger partial charge in [-0.1, -0.05) is 6.42 Å². The number of guanidine groups is 1. The summed E-state index contributed by atoms with van der Waals surface area (Å²) in [6.07, 6.45) is 10.4. The van der Waals surface area contributed by atoms with Gasteiger partial charge in [-0.15, -0.1) is 0 Å². The lowest BCUT2D eigenvalue weighted by Crippen LogP contribution is -2.42. The molecule has 1 saturated heterocycles. The molecule has 1 spiro atoms. The van der Waals surface area contributed by atoms with E-state index in [1.165, 1.54) is 57.4 Å². The highest BCUT2D eigenvalue weighted by Crippen LogP contribution is 2.47. The van der Waals surface area contributed by atoms with Crippen molar-refractivity contribution in [2.24, 2.45) is 10.4 Å². The van der Waals surface area contributed by atoms with Crippen LogP contribution >= 0.6 is 11.8 Å². The minimum Gasteiger partial charge on any atom is -0.357 e. The van der Waals surface area contributed by atoms with Gasteiger partial charge in [0.2, 0.25) is 0 Å². The van der Waals surface area contributed by atoms with Crippen LogP contribution in [0.2, 0.25) is 0 Å². The van der Waals surface area contributed by atoms with Crippen LogP contribution in [0.15, 0.2) is 4.99 Å². The third-order valence-electron chi connectivity index (χ3n) is 4.51. The van der Waals surface area contributed by atoms with Crippen LogP contribution in [0, 0.1) is 5.41 Å². The molecule has 0 unspecified atom stereocenters. The summed E-state index contributed by atoms with van der Waals surface area (Å²) in [5.41, 5.74) is 0.662. The first-order chi connectivity index (χ1) is 9.29. The van der Waals surface area contributed by atoms with E-state index in [1.807, 2.05) is 11.8 Å². The molecular weight excluding hydrogens is 254 g/mol. The van der Waals surface area contributed by atoms with Gasteiger partial charge in [0.25, 0.3) is 0 Å². The number of nitrogens with zero attached hydrogens (tertiary/aromatic N) is 2. The zero-order valence-electron chi connectivity index (χ0n) is 12.6. The van der Waals surface area contributed by atoms with Crippen LogP contribution in [0.4, 0.5) is 0 Å². The molecule has 0 atom stereocenters. The van der Waals surface area contributed by atoms with Crippen molar-refractivity contribution in [2.45, 2.75) is 45.4 Å². The number of hydrogen-bond acceptors (Lipinski definition) is 2. The van der Waals surface area contributed by atoms with Gasteiger partial charge in [0, 0.05) is 26.2 Å². The van der Waals surface area contributed by atoms with Gasteiger partial charge in [-0.25, -0.2) is 0 Å². The van der Waals surface area contributed by atoms with Gasteiger partial charge in [-0.05, 0) is 56.5 Å². The first kappa shape index (κ1) is 15.0. The quantitative estimate of drug-likeness (QED) is 0.461. The van der Waals surface area contributed by atoms with Gasteiger partial charge in [0.05, 0.1) is 0 Å². The molecular formula is C15H29N3S. The monoisotopic (exact) mass is 283 g/mol. The van der Waals surface area contributed by atoms with Crippen molar-refractivity contribution in [3.8, 4) is 0 Å². The molecule has 1 aliphatic carbocycles. The number of aliphatic imine (C=N–C) groups is 1. The Hall–Kier alpha value is -0.380. The van der Waals surface area contributed by atoms with E-state index in [2.05, 4.69) is 23.4 Å². The van der Waals surface area contributed by atoms with Crippen LogP contribution in [0.1, 0.15) is 45.4 Å². The second-order valence-corrected chi connectivity index (χ2v) is 6.95. The lowest BCUT2D eigenvalue weighted by molar-refractivity contribution is 0.151. The van der Waals surface area contributed by atoms with Crippen LogP contribution in [0.5, 0.6) is 0 Å². The fraction of sp³-hybridized carbons (Fsp3) is 0.933. The number of unbranched alkanes of at least 4 members (excludes halogenated alkanes) is 1. The minimum absolute atomic E-state index is 0.662. The zero-order valence-corrected chi connectivity index (χ0v) is 13.4. The molecule has 0 bridgehead atoms. The zero-order chi connectivity index (χ0) is 13.6. The van der Waals surface area contributed by atoms with Crippen LogP contribution < -0.4 is 5.32 Å². The van der Waals surface area contributed by atoms with Crippen LogP contribution in [0.3, 0.4) is 0 Å². The van der Waals surface area contributed by atoms with Gasteiger partial charge in [0.1, 0.15) is 0 Å². The highest BCUT2D eigenvalue weighted by atomic mass is 32.2. The van der Waals surface area contributed by atoms with Crippen LogP contribution in [0.25, 0.3) is 0 Å². The Balaban J connectivity index is 1.79. The van der Waals surface area contributed by atoms with Crippen LogP contribution in [-0.2, 0) is 0 Å². The third-order valence-corrected chi connectivity index (χ3v) is 5.20. The first-order valence-corrected chi connectivity index (χ1v) is 9.21. The summed E-state index contributed by atoms with van der Waals surface area (Å²) in [7, 11) is 0. The largest absolute Gasteiger partial charge is 0.357 e. The van der Waals surface area contributed by atoms with Crippen molar-refractivity contribution < 1.29 is 0 Å². The number of rotatable bonds is 6. The predicted molar refractivity (Wildman–Crippen MR) is 86.1 cm³/mol. The van der Waals surface area contributed by atoms with Gasteiger partial charge >= 0.3 is 0 Å². The molecule has 1 N–H and O–H groups in total. The molecule has 0 aromatic carbocycles. The molecule has 0 aromatic heterocycles. The fourth-order valence-corrected chi connectivity index (χ4v) is 3.66. The van der Waals surface area contributed by atoms with Crippen molar-refractivity contribution in [2.75, 3.05) is 38.2 Å². The Kier molecular flexibility index (Phi) is 5.86. The van der Waals surface area contributed by atoms with Crippen molar-refractivity contribution in [3.05, 3.63) is 0 Å². The number of likely N-dealkylation sites (tertiary alicyclic amines) is 1. The van der Waals surface area contributed by atoms with E-state index in [9.17, 15) is 0 Å². The smallest absolute Gasteiger partial charge is 0.193 e. The van der Waals surface area contributed by atoms with Gasteiger partial charge in [0.15, 0.2) is 5.96 Å². The lowest BCUT2D eigenvalue weighted by atomic mass is 9.68. The highest BCUT2D eigenvalue weighted by Gasteiger charge is 2.43. The van der Waals surface area contributed by atoms with E-state index >= 15 is 0 Å². The van der Waals surface area contributed by atoms with Gasteiger partial charge in [-0.2, -0.15) is 11.8 Å². The van der Waals surface area contributed by atoms with Crippen molar-refractivity contribution in [3.63, 3.8) is 0 Å². The molecule has 2 rings (SSSR count). The molecule has 110 valence electrons. The number of hydrogen-bond donors (Lipinski definition) is 1. The highest BCUT2D eigenvalue weighted by molar-refractivity contribution is 7.98. The Morgan fingerprint density at radius 2 is 2.16 bits per heavy atom. The normalized spacial score (nSPS) is 21.8. The topological polar surface area (TPSA) is 27.6 Å². The van der Waals surface area contributed by atoms with Crippen molar-refractivity contribution in [1.82, 2.24) is 10.2 Å². The second kappa shape index (κ2) is 7.41. The summed E-state index contributed by atoms with van der Waals surface area (Å²) >= 11 is 1.93. The van der Waals surface area contributed by atoms with E-state index in [4.69, 9.17) is 4.99 Å². The lowest BCUT2D eigenvalue weighted by Gasteiger charge is -2.38. The summed E-state index contributed by atoms with van der Waals surface area (Å²) < 4.78 is 0. The summed E-state index contributed by atoms with van der Waals surface area (Å²) in [5.74, 6) is 2.43. The number of thioether (sulfide) groups is 1. The van der Waals surface area contributed by atoms with Gasteiger partial charge in [-0.3, -0.25) is 4.99 Å². The van der Waals surface area contributed by atoms with E-state index in [0.717, 1.165) is 19.0 Å². The Bertz CT molecular complexity index is 300. The maximum absolute atomic E-state index is 4.81. The summed E-state index contributed by atoms with van der Waals surface area (Å²) in [4.78, 5) is 7.31. The van der Waals surface area contributed by atoms with E-state index in [-0.39, 0.29) is 0 Å². The van der Waals surface area contributed by atoms with Crippen molar-refractivity contribution in [1.29, 1.82) is 0 Å². The number of nitrogens with one attached hydrogen (secondary N) is 1. The fourth-order valence-electron chi connectivity index (χ4n) is 3.17. The summed E-state index contributed by atoms with van der Waals surface area (Å²) in [6, 6.07) is 0. The SMILES string of the molecule is CCNC(=NCCCCSC)N1CCC2(CCC2)C1. The predicted octanol–water partition coefficient (Wildman–Crippen LogP) is 2.97. The third kappa shape index (κ3) is 4.04. The maximum Gasteiger partial charge on any atom is 0.193 e. The molecule has 0 radical (unpaired) electrons. The molecule has 2 aliphatic rings. The molecule has 1 aliphatic heterocycles. The minimum atomic E-state index is 0.662. The Morgan fingerprint density at radius 1 is 1.32 bits per heavy atom.